The standard InChI is InChI=1S/C14H18BrN3O3/c1-4-20-8-14(2,16)13-17-12(21-18-13)10-6-5-9(15)7-11(10)19-3/h5-7H,4,8,16H2,1-3H3. The molecule has 6 nitrogen and oxygen atoms in total. The van der Waals surface area contributed by atoms with E-state index in [9.17, 15) is 0 Å². The van der Waals surface area contributed by atoms with E-state index in [1.807, 2.05) is 25.1 Å². The van der Waals surface area contributed by atoms with Crippen LogP contribution in [0.1, 0.15) is 19.7 Å². The van der Waals surface area contributed by atoms with Gasteiger partial charge in [-0.05, 0) is 32.0 Å². The molecular weight excluding hydrogens is 338 g/mol. The number of hydrogen-bond acceptors (Lipinski definition) is 6. The number of aromatic nitrogens is 2. The molecule has 2 aromatic rings. The first-order chi connectivity index (χ1) is 9.97. The zero-order chi connectivity index (χ0) is 15.5. The highest BCUT2D eigenvalue weighted by atomic mass is 79.9. The molecule has 1 aromatic carbocycles. The maximum absolute atomic E-state index is 6.16. The largest absolute Gasteiger partial charge is 0.496 e. The van der Waals surface area contributed by atoms with Crippen molar-refractivity contribution in [2.24, 2.45) is 5.73 Å². The highest BCUT2D eigenvalue weighted by molar-refractivity contribution is 9.10. The Bertz CT molecular complexity index is 613. The maximum atomic E-state index is 6.16. The number of nitrogens with zero attached hydrogens (tertiary/aromatic N) is 2. The third kappa shape index (κ3) is 3.61. The second kappa shape index (κ2) is 6.55. The third-order valence-electron chi connectivity index (χ3n) is 2.94. The van der Waals surface area contributed by atoms with E-state index in [1.54, 1.807) is 14.0 Å². The smallest absolute Gasteiger partial charge is 0.261 e. The van der Waals surface area contributed by atoms with E-state index < -0.39 is 5.54 Å². The molecule has 2 N–H and O–H groups in total. The first-order valence-electron chi connectivity index (χ1n) is 6.52. The number of methoxy groups -OCH3 is 1. The summed E-state index contributed by atoms with van der Waals surface area (Å²) in [6.07, 6.45) is 0. The van der Waals surface area contributed by atoms with E-state index in [1.165, 1.54) is 0 Å². The van der Waals surface area contributed by atoms with Crippen molar-refractivity contribution < 1.29 is 14.0 Å². The predicted octanol–water partition coefficient (Wildman–Crippen LogP) is 2.72. The molecule has 1 atom stereocenters. The molecule has 1 unspecified atom stereocenters. The van der Waals surface area contributed by atoms with Crippen LogP contribution in [0.3, 0.4) is 0 Å². The zero-order valence-corrected chi connectivity index (χ0v) is 13.8. The Morgan fingerprint density at radius 3 is 2.86 bits per heavy atom. The van der Waals surface area contributed by atoms with Crippen LogP contribution in [0, 0.1) is 0 Å². The van der Waals surface area contributed by atoms with Gasteiger partial charge in [0.25, 0.3) is 5.89 Å². The molecule has 7 heteroatoms. The summed E-state index contributed by atoms with van der Waals surface area (Å²) in [6, 6.07) is 5.56. The number of ether oxygens (including phenoxy) is 2. The number of hydrogen-bond donors (Lipinski definition) is 1. The van der Waals surface area contributed by atoms with Gasteiger partial charge in [-0.2, -0.15) is 4.98 Å². The third-order valence-corrected chi connectivity index (χ3v) is 3.43. The van der Waals surface area contributed by atoms with Crippen molar-refractivity contribution in [2.75, 3.05) is 20.3 Å². The van der Waals surface area contributed by atoms with Crippen molar-refractivity contribution in [3.05, 3.63) is 28.5 Å². The highest BCUT2D eigenvalue weighted by Gasteiger charge is 2.28. The number of halogens is 1. The van der Waals surface area contributed by atoms with Gasteiger partial charge < -0.3 is 19.7 Å². The molecule has 0 aliphatic heterocycles. The molecular formula is C14H18BrN3O3. The molecule has 0 saturated heterocycles. The average Bonchev–Trinajstić information content (AvgIpc) is 2.95. The van der Waals surface area contributed by atoms with Gasteiger partial charge in [-0.15, -0.1) is 0 Å². The van der Waals surface area contributed by atoms with Gasteiger partial charge in [-0.1, -0.05) is 21.1 Å². The lowest BCUT2D eigenvalue weighted by Gasteiger charge is -2.19. The molecule has 1 aromatic heterocycles. The Morgan fingerprint density at radius 1 is 1.43 bits per heavy atom. The predicted molar refractivity (Wildman–Crippen MR) is 82.0 cm³/mol. The van der Waals surface area contributed by atoms with Gasteiger partial charge in [0.2, 0.25) is 0 Å². The molecule has 0 aliphatic rings. The SMILES string of the molecule is CCOCC(C)(N)c1noc(-c2ccc(Br)cc2OC)n1. The fraction of sp³-hybridized carbons (Fsp3) is 0.429. The summed E-state index contributed by atoms with van der Waals surface area (Å²) in [4.78, 5) is 4.37. The van der Waals surface area contributed by atoms with Gasteiger partial charge in [0.05, 0.1) is 19.3 Å². The lowest BCUT2D eigenvalue weighted by atomic mass is 10.1. The monoisotopic (exact) mass is 355 g/mol. The van der Waals surface area contributed by atoms with Gasteiger partial charge in [0.1, 0.15) is 11.3 Å². The molecule has 0 fully saturated rings. The van der Waals surface area contributed by atoms with Crippen molar-refractivity contribution in [1.29, 1.82) is 0 Å². The number of nitrogens with two attached hydrogens (primary N) is 1. The summed E-state index contributed by atoms with van der Waals surface area (Å²) in [6.45, 7) is 4.61. The van der Waals surface area contributed by atoms with Crippen LogP contribution in [-0.2, 0) is 10.3 Å². The molecule has 2 rings (SSSR count). The summed E-state index contributed by atoms with van der Waals surface area (Å²) in [5.74, 6) is 1.40. The normalized spacial score (nSPS) is 14.0. The Morgan fingerprint density at radius 2 is 2.19 bits per heavy atom. The molecule has 0 bridgehead atoms. The van der Waals surface area contributed by atoms with Crippen LogP contribution in [0.4, 0.5) is 0 Å². The number of rotatable bonds is 6. The Labute approximate surface area is 131 Å². The van der Waals surface area contributed by atoms with E-state index in [-0.39, 0.29) is 0 Å². The van der Waals surface area contributed by atoms with E-state index >= 15 is 0 Å². The van der Waals surface area contributed by atoms with Crippen molar-refractivity contribution in [2.45, 2.75) is 19.4 Å². The van der Waals surface area contributed by atoms with Crippen molar-refractivity contribution in [3.8, 4) is 17.2 Å². The van der Waals surface area contributed by atoms with Gasteiger partial charge in [0.15, 0.2) is 5.82 Å². The molecule has 21 heavy (non-hydrogen) atoms. The second-order valence-electron chi connectivity index (χ2n) is 4.82. The molecule has 0 spiro atoms. The van der Waals surface area contributed by atoms with Crippen molar-refractivity contribution in [1.82, 2.24) is 10.1 Å². The minimum Gasteiger partial charge on any atom is -0.496 e. The van der Waals surface area contributed by atoms with E-state index in [0.717, 1.165) is 4.47 Å². The Hall–Kier alpha value is -1.44. The Kier molecular flexibility index (Phi) is 4.97. The molecule has 1 heterocycles. The van der Waals surface area contributed by atoms with E-state index in [4.69, 9.17) is 19.7 Å². The van der Waals surface area contributed by atoms with Crippen LogP contribution in [-0.4, -0.2) is 30.5 Å². The summed E-state index contributed by atoms with van der Waals surface area (Å²) in [5, 5.41) is 3.96. The fourth-order valence-electron chi connectivity index (χ4n) is 1.79. The fourth-order valence-corrected chi connectivity index (χ4v) is 2.13. The van der Waals surface area contributed by atoms with E-state index in [0.29, 0.717) is 36.2 Å². The molecule has 0 aliphatic carbocycles. The minimum atomic E-state index is -0.805. The first kappa shape index (κ1) is 15.9. The van der Waals surface area contributed by atoms with Crippen molar-refractivity contribution in [3.63, 3.8) is 0 Å². The lowest BCUT2D eigenvalue weighted by molar-refractivity contribution is 0.0962. The highest BCUT2D eigenvalue weighted by Crippen LogP contribution is 2.32. The minimum absolute atomic E-state index is 0.319. The summed E-state index contributed by atoms with van der Waals surface area (Å²) in [5.41, 5.74) is 6.07. The van der Waals surface area contributed by atoms with Gasteiger partial charge in [-0.25, -0.2) is 0 Å². The lowest BCUT2D eigenvalue weighted by Crippen LogP contribution is -2.39. The van der Waals surface area contributed by atoms with Crippen LogP contribution < -0.4 is 10.5 Å². The van der Waals surface area contributed by atoms with Crippen LogP contribution in [0.2, 0.25) is 0 Å². The van der Waals surface area contributed by atoms with Crippen molar-refractivity contribution >= 4 is 15.9 Å². The van der Waals surface area contributed by atoms with Gasteiger partial charge >= 0.3 is 0 Å². The van der Waals surface area contributed by atoms with Crippen LogP contribution >= 0.6 is 15.9 Å². The maximum Gasteiger partial charge on any atom is 0.261 e. The van der Waals surface area contributed by atoms with Gasteiger partial charge in [-0.3, -0.25) is 0 Å². The van der Waals surface area contributed by atoms with Gasteiger partial charge in [0, 0.05) is 11.1 Å². The zero-order valence-electron chi connectivity index (χ0n) is 12.2. The summed E-state index contributed by atoms with van der Waals surface area (Å²) < 4.78 is 16.9. The summed E-state index contributed by atoms with van der Waals surface area (Å²) >= 11 is 3.39. The van der Waals surface area contributed by atoms with Crippen LogP contribution in [0.5, 0.6) is 5.75 Å². The van der Waals surface area contributed by atoms with E-state index in [2.05, 4.69) is 26.1 Å². The Balaban J connectivity index is 2.32. The number of benzene rings is 1. The average molecular weight is 356 g/mol. The molecule has 0 amide bonds. The molecule has 114 valence electrons. The summed E-state index contributed by atoms with van der Waals surface area (Å²) in [7, 11) is 1.59. The van der Waals surface area contributed by atoms with Crippen LogP contribution in [0.25, 0.3) is 11.5 Å². The molecule has 0 radical (unpaired) electrons. The first-order valence-corrected chi connectivity index (χ1v) is 7.32. The second-order valence-corrected chi connectivity index (χ2v) is 5.74. The topological polar surface area (TPSA) is 83.4 Å². The molecule has 0 saturated carbocycles. The quantitative estimate of drug-likeness (QED) is 0.857. The van der Waals surface area contributed by atoms with Crippen LogP contribution in [0.15, 0.2) is 27.2 Å².